The quantitative estimate of drug-likeness (QED) is 0.198. The van der Waals surface area contributed by atoms with Crippen LogP contribution in [-0.2, 0) is 33.1 Å². The molecule has 1 aromatic heterocycles. The molecule has 3 aliphatic rings. The van der Waals surface area contributed by atoms with Gasteiger partial charge in [-0.2, -0.15) is 5.26 Å². The summed E-state index contributed by atoms with van der Waals surface area (Å²) in [7, 11) is -1.32. The Balaban J connectivity index is 1.27. The van der Waals surface area contributed by atoms with Crippen LogP contribution in [0.1, 0.15) is 82.1 Å². The molecule has 0 radical (unpaired) electrons. The number of piperidine rings is 1. The molecular formula is C32H45N4O5P. The molecule has 5 rings (SSSR count). The van der Waals surface area contributed by atoms with E-state index in [0.29, 0.717) is 50.1 Å². The maximum Gasteiger partial charge on any atom is 0.340 e. The zero-order valence-electron chi connectivity index (χ0n) is 25.8. The van der Waals surface area contributed by atoms with Gasteiger partial charge < -0.3 is 23.3 Å². The van der Waals surface area contributed by atoms with Crippen LogP contribution in [0, 0.1) is 18.3 Å². The van der Waals surface area contributed by atoms with E-state index < -0.39 is 14.2 Å². The number of carbonyl (C=O) groups is 1. The van der Waals surface area contributed by atoms with Crippen molar-refractivity contribution in [1.29, 1.82) is 5.26 Å². The third-order valence-corrected chi connectivity index (χ3v) is 11.0. The van der Waals surface area contributed by atoms with Gasteiger partial charge in [0.2, 0.25) is 5.91 Å². The number of hydrogen-bond donors (Lipinski definition) is 0. The molecule has 1 saturated heterocycles. The molecule has 228 valence electrons. The Morgan fingerprint density at radius 1 is 1.14 bits per heavy atom. The van der Waals surface area contributed by atoms with Crippen molar-refractivity contribution in [2.75, 3.05) is 37.7 Å². The SMILES string of the molecule is Cc1c(CC(=O)N2CCC(OP(OCCC#N)N(C(C)C)C(C)C)CC2)c(=O)oc2c3c4c(cc12)CCCN4CCC3. The zero-order chi connectivity index (χ0) is 30.0. The van der Waals surface area contributed by atoms with Crippen molar-refractivity contribution in [3.8, 4) is 6.07 Å². The number of nitriles is 1. The summed E-state index contributed by atoms with van der Waals surface area (Å²) in [5.74, 6) is -0.0489. The highest BCUT2D eigenvalue weighted by Gasteiger charge is 2.33. The molecule has 1 atom stereocenters. The van der Waals surface area contributed by atoms with Gasteiger partial charge in [0.1, 0.15) is 5.58 Å². The van der Waals surface area contributed by atoms with E-state index in [1.54, 1.807) is 0 Å². The van der Waals surface area contributed by atoms with Crippen LogP contribution in [0.4, 0.5) is 5.69 Å². The third-order valence-electron chi connectivity index (χ3n) is 8.79. The summed E-state index contributed by atoms with van der Waals surface area (Å²) >= 11 is 0. The van der Waals surface area contributed by atoms with Gasteiger partial charge in [-0.05, 0) is 90.3 Å². The van der Waals surface area contributed by atoms with E-state index in [0.717, 1.165) is 49.7 Å². The molecule has 0 saturated carbocycles. The van der Waals surface area contributed by atoms with Gasteiger partial charge in [0.25, 0.3) is 8.53 Å². The Labute approximate surface area is 250 Å². The minimum Gasteiger partial charge on any atom is -0.422 e. The highest BCUT2D eigenvalue weighted by Crippen LogP contribution is 2.48. The van der Waals surface area contributed by atoms with E-state index in [2.05, 4.69) is 49.4 Å². The first-order chi connectivity index (χ1) is 20.2. The monoisotopic (exact) mass is 596 g/mol. The molecule has 0 spiro atoms. The van der Waals surface area contributed by atoms with Gasteiger partial charge in [-0.1, -0.05) is 0 Å². The number of carbonyl (C=O) groups excluding carboxylic acids is 1. The van der Waals surface area contributed by atoms with Gasteiger partial charge in [-0.3, -0.25) is 4.79 Å². The van der Waals surface area contributed by atoms with Gasteiger partial charge in [0.05, 0.1) is 37.2 Å². The van der Waals surface area contributed by atoms with Crippen molar-refractivity contribution < 1.29 is 18.3 Å². The Hall–Kier alpha value is -2.50. The lowest BCUT2D eigenvalue weighted by molar-refractivity contribution is -0.132. The first kappa shape index (κ1) is 30.9. The van der Waals surface area contributed by atoms with E-state index in [1.165, 1.54) is 16.8 Å². The average molecular weight is 597 g/mol. The number of likely N-dealkylation sites (tertiary alicyclic amines) is 1. The second kappa shape index (κ2) is 13.4. The predicted octanol–water partition coefficient (Wildman–Crippen LogP) is 5.63. The number of rotatable bonds is 10. The second-order valence-corrected chi connectivity index (χ2v) is 13.7. The number of amides is 1. The van der Waals surface area contributed by atoms with Crippen LogP contribution >= 0.6 is 8.53 Å². The van der Waals surface area contributed by atoms with Crippen LogP contribution in [0.2, 0.25) is 0 Å². The van der Waals surface area contributed by atoms with E-state index in [9.17, 15) is 9.59 Å². The third kappa shape index (κ3) is 6.38. The molecule has 0 aliphatic carbocycles. The molecule has 42 heavy (non-hydrogen) atoms. The normalized spacial score (nSPS) is 18.2. The lowest BCUT2D eigenvalue weighted by Gasteiger charge is -2.39. The summed E-state index contributed by atoms with van der Waals surface area (Å²) in [6.07, 6.45) is 5.91. The lowest BCUT2D eigenvalue weighted by atomic mass is 9.88. The van der Waals surface area contributed by atoms with Crippen molar-refractivity contribution in [3.63, 3.8) is 0 Å². The first-order valence-corrected chi connectivity index (χ1v) is 16.7. The molecule has 3 aliphatic heterocycles. The smallest absolute Gasteiger partial charge is 0.340 e. The predicted molar refractivity (Wildman–Crippen MR) is 166 cm³/mol. The fourth-order valence-corrected chi connectivity index (χ4v) is 8.57. The van der Waals surface area contributed by atoms with Crippen molar-refractivity contribution in [3.05, 3.63) is 38.7 Å². The number of hydrogen-bond acceptors (Lipinski definition) is 8. The summed E-state index contributed by atoms with van der Waals surface area (Å²) in [4.78, 5) is 31.0. The molecule has 2 aromatic rings. The summed E-state index contributed by atoms with van der Waals surface area (Å²) in [6.45, 7) is 14.1. The summed E-state index contributed by atoms with van der Waals surface area (Å²) in [6, 6.07) is 4.82. The van der Waals surface area contributed by atoms with Crippen molar-refractivity contribution in [1.82, 2.24) is 9.57 Å². The van der Waals surface area contributed by atoms with Crippen LogP contribution in [-0.4, -0.2) is 66.5 Å². The molecular weight excluding hydrogens is 551 g/mol. The van der Waals surface area contributed by atoms with Crippen molar-refractivity contribution in [2.24, 2.45) is 0 Å². The molecule has 0 N–H and O–H groups in total. The standard InChI is InChI=1S/C32H45N4O5P/c1-21(2)36(22(3)4)42(39-18-8-13-33)41-25-11-16-34(17-12-25)29(37)20-28-23(5)27-19-24-9-6-14-35-15-7-10-26(30(24)35)31(27)40-32(28)38/h19,21-22,25H,6-12,14-18,20H2,1-5H3. The van der Waals surface area contributed by atoms with Gasteiger partial charge >= 0.3 is 5.63 Å². The highest BCUT2D eigenvalue weighted by molar-refractivity contribution is 7.44. The number of benzene rings is 1. The van der Waals surface area contributed by atoms with Crippen LogP contribution in [0.5, 0.6) is 0 Å². The Kier molecular flexibility index (Phi) is 9.89. The summed E-state index contributed by atoms with van der Waals surface area (Å²) in [5.41, 5.74) is 5.45. The minimum absolute atomic E-state index is 0.0301. The topological polar surface area (TPSA) is 99.2 Å². The Morgan fingerprint density at radius 2 is 1.83 bits per heavy atom. The van der Waals surface area contributed by atoms with E-state index in [-0.39, 0.29) is 30.5 Å². The molecule has 0 bridgehead atoms. The number of nitrogens with zero attached hydrogens (tertiary/aromatic N) is 4. The van der Waals surface area contributed by atoms with Crippen LogP contribution < -0.4 is 10.5 Å². The summed E-state index contributed by atoms with van der Waals surface area (Å²) in [5, 5.41) is 9.95. The Bertz CT molecular complexity index is 1380. The number of fused-ring (bicyclic) bond motifs is 2. The summed E-state index contributed by atoms with van der Waals surface area (Å²) < 4.78 is 20.8. The highest BCUT2D eigenvalue weighted by atomic mass is 31.2. The lowest BCUT2D eigenvalue weighted by Crippen LogP contribution is -2.42. The fourth-order valence-electron chi connectivity index (χ4n) is 6.80. The van der Waals surface area contributed by atoms with Crippen LogP contribution in [0.15, 0.2) is 15.3 Å². The largest absolute Gasteiger partial charge is 0.422 e. The molecule has 1 fully saturated rings. The molecule has 4 heterocycles. The van der Waals surface area contributed by atoms with Crippen molar-refractivity contribution in [2.45, 2.75) is 104 Å². The van der Waals surface area contributed by atoms with Gasteiger partial charge in [-0.25, -0.2) is 9.46 Å². The number of anilines is 1. The van der Waals surface area contributed by atoms with E-state index in [4.69, 9.17) is 18.7 Å². The molecule has 9 nitrogen and oxygen atoms in total. The molecule has 1 unspecified atom stereocenters. The van der Waals surface area contributed by atoms with Crippen molar-refractivity contribution >= 4 is 31.1 Å². The molecule has 1 amide bonds. The zero-order valence-corrected chi connectivity index (χ0v) is 26.7. The van der Waals surface area contributed by atoms with E-state index in [1.807, 2.05) is 11.8 Å². The van der Waals surface area contributed by atoms with E-state index >= 15 is 0 Å². The van der Waals surface area contributed by atoms with Gasteiger partial charge in [-0.15, -0.1) is 0 Å². The van der Waals surface area contributed by atoms with Gasteiger partial charge in [0.15, 0.2) is 0 Å². The maximum absolute atomic E-state index is 13.4. The van der Waals surface area contributed by atoms with Crippen LogP contribution in [0.3, 0.4) is 0 Å². The Morgan fingerprint density at radius 3 is 2.50 bits per heavy atom. The molecule has 1 aromatic carbocycles. The second-order valence-electron chi connectivity index (χ2n) is 12.3. The maximum atomic E-state index is 13.4. The number of aryl methyl sites for hydroxylation is 3. The average Bonchev–Trinajstić information content (AvgIpc) is 2.96. The first-order valence-electron chi connectivity index (χ1n) is 15.6. The minimum atomic E-state index is -1.32. The fraction of sp³-hybridized carbons (Fsp3) is 0.656. The molecule has 10 heteroatoms. The van der Waals surface area contributed by atoms with Crippen LogP contribution in [0.25, 0.3) is 11.0 Å². The van der Waals surface area contributed by atoms with Gasteiger partial charge in [0, 0.05) is 54.9 Å².